The highest BCUT2D eigenvalue weighted by Gasteiger charge is 2.51. The van der Waals surface area contributed by atoms with Crippen LogP contribution in [0.3, 0.4) is 0 Å². The van der Waals surface area contributed by atoms with Crippen LogP contribution in [0.4, 0.5) is 0 Å². The van der Waals surface area contributed by atoms with Gasteiger partial charge in [0.1, 0.15) is 0 Å². The minimum Gasteiger partial charge on any atom is -0.365 e. The zero-order chi connectivity index (χ0) is 14.2. The van der Waals surface area contributed by atoms with Crippen molar-refractivity contribution in [2.75, 3.05) is 13.1 Å². The van der Waals surface area contributed by atoms with Crippen molar-refractivity contribution in [1.82, 2.24) is 5.32 Å². The number of morpholine rings is 1. The summed E-state index contributed by atoms with van der Waals surface area (Å²) in [5.74, 6) is 0.567. The molecule has 2 nitrogen and oxygen atoms in total. The van der Waals surface area contributed by atoms with Crippen LogP contribution in [0.5, 0.6) is 0 Å². The molecule has 1 aromatic rings. The van der Waals surface area contributed by atoms with Gasteiger partial charge in [0.25, 0.3) is 0 Å². The Morgan fingerprint density at radius 2 is 1.67 bits per heavy atom. The van der Waals surface area contributed by atoms with Gasteiger partial charge in [-0.1, -0.05) is 56.0 Å². The Bertz CT molecular complexity index is 476. The second-order valence-electron chi connectivity index (χ2n) is 7.37. The quantitative estimate of drug-likeness (QED) is 0.841. The molecule has 1 aromatic carbocycles. The van der Waals surface area contributed by atoms with Gasteiger partial charge in [-0.25, -0.2) is 0 Å². The lowest BCUT2D eigenvalue weighted by atomic mass is 9.70. The van der Waals surface area contributed by atoms with Gasteiger partial charge in [-0.15, -0.1) is 0 Å². The molecule has 4 rings (SSSR count). The summed E-state index contributed by atoms with van der Waals surface area (Å²) in [6.07, 6.45) is 10.4. The van der Waals surface area contributed by atoms with E-state index in [1.54, 1.807) is 0 Å². The molecule has 0 bridgehead atoms. The molecule has 2 aliphatic carbocycles. The lowest BCUT2D eigenvalue weighted by molar-refractivity contribution is -0.197. The first-order valence-electron chi connectivity index (χ1n) is 8.78. The van der Waals surface area contributed by atoms with E-state index in [0.29, 0.717) is 5.92 Å². The maximum absolute atomic E-state index is 6.97. The van der Waals surface area contributed by atoms with E-state index in [9.17, 15) is 0 Å². The first-order valence-corrected chi connectivity index (χ1v) is 8.78. The average Bonchev–Trinajstić information content (AvgIpc) is 2.96. The van der Waals surface area contributed by atoms with E-state index in [1.165, 1.54) is 56.9 Å². The fourth-order valence-corrected chi connectivity index (χ4v) is 5.00. The molecule has 3 aliphatic rings. The summed E-state index contributed by atoms with van der Waals surface area (Å²) in [7, 11) is 0. The molecule has 2 atom stereocenters. The molecule has 21 heavy (non-hydrogen) atoms. The summed E-state index contributed by atoms with van der Waals surface area (Å²) in [4.78, 5) is 0. The predicted octanol–water partition coefficient (Wildman–Crippen LogP) is 4.02. The minimum atomic E-state index is 0.0438. The Hall–Kier alpha value is -0.860. The second kappa shape index (κ2) is 5.40. The maximum Gasteiger partial charge on any atom is 0.0882 e. The lowest BCUT2D eigenvalue weighted by Gasteiger charge is -2.53. The Kier molecular flexibility index (Phi) is 3.55. The Labute approximate surface area is 128 Å². The van der Waals surface area contributed by atoms with Crippen LogP contribution in [0.15, 0.2) is 30.3 Å². The largest absolute Gasteiger partial charge is 0.365 e. The van der Waals surface area contributed by atoms with Gasteiger partial charge in [0.15, 0.2) is 0 Å². The lowest BCUT2D eigenvalue weighted by Crippen LogP contribution is -2.62. The van der Waals surface area contributed by atoms with E-state index in [1.807, 2.05) is 0 Å². The van der Waals surface area contributed by atoms with Gasteiger partial charge < -0.3 is 10.1 Å². The van der Waals surface area contributed by atoms with Gasteiger partial charge in [-0.05, 0) is 31.2 Å². The average molecular weight is 285 g/mol. The molecule has 1 N–H and O–H groups in total. The zero-order valence-electron chi connectivity index (χ0n) is 12.9. The second-order valence-corrected chi connectivity index (χ2v) is 7.37. The van der Waals surface area contributed by atoms with E-state index in [4.69, 9.17) is 4.74 Å². The van der Waals surface area contributed by atoms with Gasteiger partial charge in [0, 0.05) is 19.0 Å². The van der Waals surface area contributed by atoms with Crippen LogP contribution in [0, 0.1) is 0 Å². The van der Waals surface area contributed by atoms with Crippen molar-refractivity contribution < 1.29 is 4.74 Å². The van der Waals surface area contributed by atoms with Crippen molar-refractivity contribution in [3.63, 3.8) is 0 Å². The molecule has 0 amide bonds. The van der Waals surface area contributed by atoms with Crippen LogP contribution in [-0.4, -0.2) is 24.3 Å². The molecule has 1 aliphatic heterocycles. The zero-order valence-corrected chi connectivity index (χ0v) is 12.9. The number of rotatable bonds is 1. The van der Waals surface area contributed by atoms with Crippen molar-refractivity contribution in [2.45, 2.75) is 68.5 Å². The maximum atomic E-state index is 6.97. The van der Waals surface area contributed by atoms with Gasteiger partial charge in [0.05, 0.1) is 11.2 Å². The molecule has 2 unspecified atom stereocenters. The van der Waals surface area contributed by atoms with Gasteiger partial charge in [-0.3, -0.25) is 0 Å². The monoisotopic (exact) mass is 285 g/mol. The molecule has 1 heterocycles. The van der Waals surface area contributed by atoms with Crippen molar-refractivity contribution in [3.8, 4) is 0 Å². The van der Waals surface area contributed by atoms with E-state index in [2.05, 4.69) is 35.6 Å². The van der Waals surface area contributed by atoms with E-state index < -0.39 is 0 Å². The highest BCUT2D eigenvalue weighted by atomic mass is 16.5. The topological polar surface area (TPSA) is 21.3 Å². The molecular formula is C19H27NO. The van der Waals surface area contributed by atoms with Crippen molar-refractivity contribution in [2.24, 2.45) is 0 Å². The molecule has 1 saturated heterocycles. The molecule has 114 valence electrons. The highest BCUT2D eigenvalue weighted by Crippen LogP contribution is 2.49. The van der Waals surface area contributed by atoms with Crippen molar-refractivity contribution in [1.29, 1.82) is 0 Å². The number of ether oxygens (including phenoxy) is 1. The molecule has 2 saturated carbocycles. The third-order valence-electron chi connectivity index (χ3n) is 5.99. The molecular weight excluding hydrogens is 258 g/mol. The summed E-state index contributed by atoms with van der Waals surface area (Å²) >= 11 is 0. The molecule has 0 radical (unpaired) electrons. The normalized spacial score (nSPS) is 35.3. The molecule has 3 fully saturated rings. The minimum absolute atomic E-state index is 0.0438. The van der Waals surface area contributed by atoms with Crippen molar-refractivity contribution >= 4 is 0 Å². The smallest absolute Gasteiger partial charge is 0.0882 e. The van der Waals surface area contributed by atoms with E-state index in [-0.39, 0.29) is 11.2 Å². The van der Waals surface area contributed by atoms with Crippen LogP contribution >= 0.6 is 0 Å². The summed E-state index contributed by atoms with van der Waals surface area (Å²) < 4.78 is 6.97. The third-order valence-corrected chi connectivity index (χ3v) is 5.99. The van der Waals surface area contributed by atoms with Crippen LogP contribution in [0.25, 0.3) is 0 Å². The van der Waals surface area contributed by atoms with E-state index >= 15 is 0 Å². The van der Waals surface area contributed by atoms with Gasteiger partial charge in [0.2, 0.25) is 0 Å². The number of benzene rings is 1. The molecule has 2 spiro atoms. The van der Waals surface area contributed by atoms with E-state index in [0.717, 1.165) is 13.1 Å². The Morgan fingerprint density at radius 3 is 2.48 bits per heavy atom. The SMILES string of the molecule is c1ccc(C2CCCCC23CNCC2(CCCC2)O3)cc1. The first kappa shape index (κ1) is 13.8. The van der Waals surface area contributed by atoms with Crippen LogP contribution in [0.2, 0.25) is 0 Å². The number of nitrogens with one attached hydrogen (secondary N) is 1. The molecule has 2 heteroatoms. The summed E-state index contributed by atoms with van der Waals surface area (Å²) in [6, 6.07) is 11.1. The van der Waals surface area contributed by atoms with Crippen LogP contribution in [0.1, 0.15) is 62.8 Å². The fourth-order valence-electron chi connectivity index (χ4n) is 5.00. The number of hydrogen-bond acceptors (Lipinski definition) is 2. The van der Waals surface area contributed by atoms with Gasteiger partial charge in [-0.2, -0.15) is 0 Å². The summed E-state index contributed by atoms with van der Waals surface area (Å²) in [5.41, 5.74) is 1.67. The highest BCUT2D eigenvalue weighted by molar-refractivity contribution is 5.25. The predicted molar refractivity (Wildman–Crippen MR) is 85.5 cm³/mol. The Morgan fingerprint density at radius 1 is 0.905 bits per heavy atom. The summed E-state index contributed by atoms with van der Waals surface area (Å²) in [5, 5.41) is 3.75. The Balaban J connectivity index is 1.66. The first-order chi connectivity index (χ1) is 10.3. The standard InChI is InChI=1S/C19H27NO/c1-2-8-16(9-3-1)17-10-4-5-13-19(17)15-20-14-18(21-19)11-6-7-12-18/h1-3,8-9,17,20H,4-7,10-15H2. The fraction of sp³-hybridized carbons (Fsp3) is 0.684. The number of hydrogen-bond donors (Lipinski definition) is 1. The van der Waals surface area contributed by atoms with Crippen molar-refractivity contribution in [3.05, 3.63) is 35.9 Å². The molecule has 0 aromatic heterocycles. The van der Waals surface area contributed by atoms with Crippen LogP contribution in [-0.2, 0) is 4.74 Å². The third kappa shape index (κ3) is 2.43. The van der Waals surface area contributed by atoms with Gasteiger partial charge >= 0.3 is 0 Å². The van der Waals surface area contributed by atoms with Crippen LogP contribution < -0.4 is 5.32 Å². The summed E-state index contributed by atoms with van der Waals surface area (Å²) in [6.45, 7) is 2.10.